The van der Waals surface area contributed by atoms with E-state index < -0.39 is 0 Å². The number of hydrogen-bond donors (Lipinski definition) is 2. The maximum Gasteiger partial charge on any atom is 0.343 e. The Balaban J connectivity index is 1.73. The topological polar surface area (TPSA) is 92.7 Å². The molecule has 0 fully saturated rings. The standard InChI is InChI=1S/C16H17N5O2S/c1-9(14-19-20-16(23)21(14)3)17-15(22)12-6-4-11(5-7-12)13-8-24-10(2)18-13/h4-9H,1-3H3,(H,17,22)(H,20,23)/t9-/m1/s1. The number of benzene rings is 1. The smallest absolute Gasteiger partial charge is 0.342 e. The number of aryl methyl sites for hydroxylation is 1. The number of amides is 1. The van der Waals surface area contributed by atoms with Crippen LogP contribution in [0, 0.1) is 6.92 Å². The number of carbonyl (C=O) groups is 1. The first-order valence-electron chi connectivity index (χ1n) is 7.40. The Kier molecular flexibility index (Phi) is 4.30. The summed E-state index contributed by atoms with van der Waals surface area (Å²) >= 11 is 1.59. The first-order valence-corrected chi connectivity index (χ1v) is 8.28. The average Bonchev–Trinajstić information content (AvgIpc) is 3.14. The second-order valence-electron chi connectivity index (χ2n) is 5.47. The lowest BCUT2D eigenvalue weighted by Gasteiger charge is -2.12. The Morgan fingerprint density at radius 1 is 1.33 bits per heavy atom. The van der Waals surface area contributed by atoms with Gasteiger partial charge >= 0.3 is 5.69 Å². The highest BCUT2D eigenvalue weighted by Gasteiger charge is 2.16. The summed E-state index contributed by atoms with van der Waals surface area (Å²) < 4.78 is 1.37. The van der Waals surface area contributed by atoms with Gasteiger partial charge < -0.3 is 5.32 Å². The van der Waals surface area contributed by atoms with Crippen LogP contribution >= 0.6 is 11.3 Å². The third-order valence-electron chi connectivity index (χ3n) is 3.71. The Morgan fingerprint density at radius 3 is 2.58 bits per heavy atom. The molecule has 0 saturated carbocycles. The summed E-state index contributed by atoms with van der Waals surface area (Å²) in [5, 5.41) is 12.1. The van der Waals surface area contributed by atoms with Crippen LogP contribution in [0.1, 0.15) is 34.2 Å². The van der Waals surface area contributed by atoms with Crippen molar-refractivity contribution in [3.05, 3.63) is 56.5 Å². The molecule has 2 aromatic heterocycles. The van der Waals surface area contributed by atoms with E-state index in [0.717, 1.165) is 16.3 Å². The molecule has 8 heteroatoms. The van der Waals surface area contributed by atoms with Gasteiger partial charge in [0.05, 0.1) is 16.7 Å². The molecule has 1 amide bonds. The van der Waals surface area contributed by atoms with Crippen molar-refractivity contribution in [1.29, 1.82) is 0 Å². The van der Waals surface area contributed by atoms with Gasteiger partial charge in [-0.1, -0.05) is 12.1 Å². The van der Waals surface area contributed by atoms with Gasteiger partial charge in [0.25, 0.3) is 5.91 Å². The predicted molar refractivity (Wildman–Crippen MR) is 92.0 cm³/mol. The zero-order valence-corrected chi connectivity index (χ0v) is 14.3. The van der Waals surface area contributed by atoms with Crippen LogP contribution in [0.25, 0.3) is 11.3 Å². The molecule has 24 heavy (non-hydrogen) atoms. The molecular formula is C16H17N5O2S. The van der Waals surface area contributed by atoms with E-state index in [-0.39, 0.29) is 17.6 Å². The summed E-state index contributed by atoms with van der Waals surface area (Å²) in [5.74, 6) is 0.252. The molecule has 0 saturated heterocycles. The van der Waals surface area contributed by atoms with Crippen LogP contribution in [-0.2, 0) is 7.05 Å². The molecule has 0 spiro atoms. The lowest BCUT2D eigenvalue weighted by Crippen LogP contribution is -2.29. The molecule has 2 N–H and O–H groups in total. The van der Waals surface area contributed by atoms with Gasteiger partial charge in [0, 0.05) is 23.6 Å². The van der Waals surface area contributed by atoms with Gasteiger partial charge in [-0.25, -0.2) is 14.9 Å². The van der Waals surface area contributed by atoms with Gasteiger partial charge in [0.2, 0.25) is 0 Å². The fraction of sp³-hybridized carbons (Fsp3) is 0.250. The monoisotopic (exact) mass is 343 g/mol. The first-order chi connectivity index (χ1) is 11.5. The third kappa shape index (κ3) is 3.13. The number of aromatic amines is 1. The van der Waals surface area contributed by atoms with Crippen LogP contribution in [0.5, 0.6) is 0 Å². The Hall–Kier alpha value is -2.74. The lowest BCUT2D eigenvalue weighted by molar-refractivity contribution is 0.0937. The number of H-pyrrole nitrogens is 1. The minimum absolute atomic E-state index is 0.223. The van der Waals surface area contributed by atoms with Gasteiger partial charge in [0.1, 0.15) is 0 Å². The van der Waals surface area contributed by atoms with E-state index in [1.165, 1.54) is 4.57 Å². The zero-order valence-electron chi connectivity index (χ0n) is 13.5. The van der Waals surface area contributed by atoms with Crippen molar-refractivity contribution in [2.75, 3.05) is 0 Å². The number of rotatable bonds is 4. The van der Waals surface area contributed by atoms with Gasteiger partial charge in [-0.05, 0) is 26.0 Å². The minimum atomic E-state index is -0.387. The number of carbonyl (C=O) groups excluding carboxylic acids is 1. The van der Waals surface area contributed by atoms with Gasteiger partial charge in [-0.3, -0.25) is 9.36 Å². The van der Waals surface area contributed by atoms with E-state index >= 15 is 0 Å². The summed E-state index contributed by atoms with van der Waals surface area (Å²) in [6.45, 7) is 3.74. The largest absolute Gasteiger partial charge is 0.343 e. The maximum absolute atomic E-state index is 12.3. The summed E-state index contributed by atoms with van der Waals surface area (Å²) in [7, 11) is 1.61. The van der Waals surface area contributed by atoms with E-state index in [4.69, 9.17) is 0 Å². The highest BCUT2D eigenvalue weighted by Crippen LogP contribution is 2.22. The van der Waals surface area contributed by atoms with Crippen LogP contribution in [0.2, 0.25) is 0 Å². The van der Waals surface area contributed by atoms with Crippen LogP contribution in [0.15, 0.2) is 34.4 Å². The molecule has 0 aliphatic carbocycles. The van der Waals surface area contributed by atoms with E-state index in [2.05, 4.69) is 20.5 Å². The van der Waals surface area contributed by atoms with Crippen molar-refractivity contribution in [1.82, 2.24) is 25.1 Å². The Morgan fingerprint density at radius 2 is 2.04 bits per heavy atom. The van der Waals surface area contributed by atoms with Crippen LogP contribution < -0.4 is 11.0 Å². The average molecular weight is 343 g/mol. The van der Waals surface area contributed by atoms with Crippen molar-refractivity contribution >= 4 is 17.2 Å². The predicted octanol–water partition coefficient (Wildman–Crippen LogP) is 2.03. The first kappa shape index (κ1) is 16.1. The summed E-state index contributed by atoms with van der Waals surface area (Å²) in [4.78, 5) is 28.2. The molecule has 1 aromatic carbocycles. The minimum Gasteiger partial charge on any atom is -0.342 e. The van der Waals surface area contributed by atoms with Crippen molar-refractivity contribution < 1.29 is 4.79 Å². The molecule has 0 unspecified atom stereocenters. The van der Waals surface area contributed by atoms with Crippen molar-refractivity contribution in [3.8, 4) is 11.3 Å². The fourth-order valence-corrected chi connectivity index (χ4v) is 3.00. The van der Waals surface area contributed by atoms with Crippen molar-refractivity contribution in [2.24, 2.45) is 7.05 Å². The van der Waals surface area contributed by atoms with E-state index in [1.807, 2.05) is 24.4 Å². The van der Waals surface area contributed by atoms with Crippen molar-refractivity contribution in [2.45, 2.75) is 19.9 Å². The van der Waals surface area contributed by atoms with E-state index in [0.29, 0.717) is 11.4 Å². The number of aromatic nitrogens is 4. The second-order valence-corrected chi connectivity index (χ2v) is 6.53. The number of nitrogens with zero attached hydrogens (tertiary/aromatic N) is 3. The lowest BCUT2D eigenvalue weighted by atomic mass is 10.1. The van der Waals surface area contributed by atoms with Gasteiger partial charge in [-0.2, -0.15) is 5.10 Å². The van der Waals surface area contributed by atoms with Crippen LogP contribution in [0.4, 0.5) is 0 Å². The highest BCUT2D eigenvalue weighted by atomic mass is 32.1. The maximum atomic E-state index is 12.3. The fourth-order valence-electron chi connectivity index (χ4n) is 2.38. The van der Waals surface area contributed by atoms with Crippen molar-refractivity contribution in [3.63, 3.8) is 0 Å². The molecule has 0 aliphatic rings. The molecule has 0 radical (unpaired) electrons. The molecule has 1 atom stereocenters. The molecule has 3 aromatic rings. The van der Waals surface area contributed by atoms with Crippen LogP contribution in [0.3, 0.4) is 0 Å². The number of nitrogens with one attached hydrogen (secondary N) is 2. The molecule has 0 bridgehead atoms. The SMILES string of the molecule is Cc1nc(-c2ccc(C(=O)N[C@H](C)c3n[nH]c(=O)n3C)cc2)cs1. The molecule has 7 nitrogen and oxygen atoms in total. The zero-order chi connectivity index (χ0) is 17.3. The van der Waals surface area contributed by atoms with E-state index in [9.17, 15) is 9.59 Å². The quantitative estimate of drug-likeness (QED) is 0.758. The summed E-state index contributed by atoms with van der Waals surface area (Å²) in [6.07, 6.45) is 0. The molecular weight excluding hydrogens is 326 g/mol. The molecule has 0 aliphatic heterocycles. The number of thiazole rings is 1. The Labute approximate surface area is 142 Å². The normalized spacial score (nSPS) is 12.1. The highest BCUT2D eigenvalue weighted by molar-refractivity contribution is 7.09. The summed E-state index contributed by atoms with van der Waals surface area (Å²) in [5.41, 5.74) is 2.11. The third-order valence-corrected chi connectivity index (χ3v) is 4.48. The molecule has 3 rings (SSSR count). The molecule has 124 valence electrons. The van der Waals surface area contributed by atoms with Gasteiger partial charge in [0.15, 0.2) is 5.82 Å². The van der Waals surface area contributed by atoms with E-state index in [1.54, 1.807) is 37.4 Å². The second kappa shape index (κ2) is 6.40. The summed E-state index contributed by atoms with van der Waals surface area (Å²) in [6, 6.07) is 6.88. The number of hydrogen-bond acceptors (Lipinski definition) is 5. The molecule has 2 heterocycles. The van der Waals surface area contributed by atoms with Gasteiger partial charge in [-0.15, -0.1) is 11.3 Å². The van der Waals surface area contributed by atoms with Crippen LogP contribution in [-0.4, -0.2) is 25.7 Å². The Bertz CT molecular complexity index is 923.